The van der Waals surface area contributed by atoms with Crippen molar-refractivity contribution >= 4 is 29.3 Å². The highest BCUT2D eigenvalue weighted by Crippen LogP contribution is 2.24. The quantitative estimate of drug-likeness (QED) is 0.650. The van der Waals surface area contributed by atoms with Crippen LogP contribution in [0.25, 0.3) is 0 Å². The van der Waals surface area contributed by atoms with Crippen molar-refractivity contribution in [2.45, 2.75) is 37.5 Å². The Balaban J connectivity index is 1.89. The molecule has 0 aromatic heterocycles. The maximum absolute atomic E-state index is 12.7. The third-order valence-electron chi connectivity index (χ3n) is 4.41. The van der Waals surface area contributed by atoms with Crippen LogP contribution in [0.3, 0.4) is 0 Å². The average molecular weight is 377 g/mol. The van der Waals surface area contributed by atoms with E-state index in [1.165, 1.54) is 0 Å². The van der Waals surface area contributed by atoms with E-state index in [1.54, 1.807) is 11.8 Å². The van der Waals surface area contributed by atoms with Gasteiger partial charge < -0.3 is 15.1 Å². The summed E-state index contributed by atoms with van der Waals surface area (Å²) in [5.74, 6) is 0.0359. The van der Waals surface area contributed by atoms with E-state index in [2.05, 4.69) is 18.3 Å². The number of carbonyl (C=O) groups excluding carboxylic acids is 2. The van der Waals surface area contributed by atoms with Crippen LogP contribution >= 0.6 is 11.8 Å². The number of para-hydroxylation sites is 1. The minimum Gasteiger partial charge on any atom is -0.322 e. The first-order valence-corrected chi connectivity index (χ1v) is 10.5. The maximum atomic E-state index is 12.7. The number of thioether (sulfide) groups is 1. The number of hydrogen-bond donors (Lipinski definition) is 2. The van der Waals surface area contributed by atoms with Gasteiger partial charge in [-0.25, -0.2) is 0 Å². The lowest BCUT2D eigenvalue weighted by Crippen LogP contribution is -3.11. The molecule has 1 aromatic rings. The second-order valence-electron chi connectivity index (χ2n) is 6.69. The minimum atomic E-state index is -0.0704. The molecule has 0 heterocycles. The lowest BCUT2D eigenvalue weighted by Gasteiger charge is -2.24. The van der Waals surface area contributed by atoms with Crippen molar-refractivity contribution in [1.82, 2.24) is 4.90 Å². The molecule has 0 fully saturated rings. The second kappa shape index (κ2) is 10.4. The van der Waals surface area contributed by atoms with E-state index < -0.39 is 0 Å². The van der Waals surface area contributed by atoms with Crippen LogP contribution in [-0.2, 0) is 9.59 Å². The summed E-state index contributed by atoms with van der Waals surface area (Å²) in [5, 5.41) is 2.96. The van der Waals surface area contributed by atoms with Crippen LogP contribution in [0, 0.1) is 0 Å². The summed E-state index contributed by atoms with van der Waals surface area (Å²) in [5.41, 5.74) is 1.98. The number of benzene rings is 1. The van der Waals surface area contributed by atoms with Gasteiger partial charge in [0.1, 0.15) is 0 Å². The van der Waals surface area contributed by atoms with E-state index >= 15 is 0 Å². The summed E-state index contributed by atoms with van der Waals surface area (Å²) in [6.07, 6.45) is 8.27. The molecule has 5 nitrogen and oxygen atoms in total. The highest BCUT2D eigenvalue weighted by atomic mass is 32.2. The molecule has 1 unspecified atom stereocenters. The zero-order valence-corrected chi connectivity index (χ0v) is 16.8. The Morgan fingerprint density at radius 3 is 2.69 bits per heavy atom. The van der Waals surface area contributed by atoms with Crippen LogP contribution in [0.15, 0.2) is 40.9 Å². The zero-order valence-electron chi connectivity index (χ0n) is 16.0. The average Bonchev–Trinajstić information content (AvgIpc) is 3.13. The lowest BCUT2D eigenvalue weighted by atomic mass is 10.2. The molecular formula is C20H30N3O2S+. The number of nitrogens with zero attached hydrogens (tertiary/aromatic N) is 1. The van der Waals surface area contributed by atoms with Crippen molar-refractivity contribution in [2.24, 2.45) is 0 Å². The largest absolute Gasteiger partial charge is 0.322 e. The topological polar surface area (TPSA) is 53.9 Å². The van der Waals surface area contributed by atoms with Gasteiger partial charge in [0, 0.05) is 17.1 Å². The molecular weight excluding hydrogens is 346 g/mol. The molecule has 142 valence electrons. The molecule has 1 aliphatic carbocycles. The fourth-order valence-corrected chi connectivity index (χ4v) is 3.74. The first kappa shape index (κ1) is 20.5. The summed E-state index contributed by atoms with van der Waals surface area (Å²) in [6, 6.07) is 7.75. The number of nitrogens with one attached hydrogen (secondary N) is 2. The van der Waals surface area contributed by atoms with Gasteiger partial charge in [-0.15, -0.1) is 11.8 Å². The first-order valence-electron chi connectivity index (χ1n) is 9.28. The van der Waals surface area contributed by atoms with Gasteiger partial charge in [-0.2, -0.15) is 0 Å². The first-order chi connectivity index (χ1) is 12.5. The Hall–Kier alpha value is -1.79. The van der Waals surface area contributed by atoms with Gasteiger partial charge in [0.15, 0.2) is 13.1 Å². The summed E-state index contributed by atoms with van der Waals surface area (Å²) >= 11 is 1.60. The van der Waals surface area contributed by atoms with E-state index in [-0.39, 0.29) is 18.4 Å². The summed E-state index contributed by atoms with van der Waals surface area (Å²) in [4.78, 5) is 28.9. The molecule has 6 heteroatoms. The van der Waals surface area contributed by atoms with Gasteiger partial charge in [0.25, 0.3) is 11.8 Å². The molecule has 2 N–H and O–H groups in total. The highest BCUT2D eigenvalue weighted by molar-refractivity contribution is 7.98. The molecule has 1 atom stereocenters. The number of anilines is 1. The predicted octanol–water partition coefficient (Wildman–Crippen LogP) is 2.17. The molecule has 2 rings (SSSR count). The zero-order chi connectivity index (χ0) is 18.9. The lowest BCUT2D eigenvalue weighted by molar-refractivity contribution is -0.862. The number of likely N-dealkylation sites (N-methyl/N-ethyl adjacent to an activating group) is 1. The van der Waals surface area contributed by atoms with Crippen LogP contribution in [0.5, 0.6) is 0 Å². The van der Waals surface area contributed by atoms with E-state index in [0.29, 0.717) is 6.54 Å². The van der Waals surface area contributed by atoms with Gasteiger partial charge in [0.05, 0.1) is 12.7 Å². The van der Waals surface area contributed by atoms with Crippen LogP contribution in [0.4, 0.5) is 5.69 Å². The monoisotopic (exact) mass is 376 g/mol. The molecule has 26 heavy (non-hydrogen) atoms. The fourth-order valence-electron chi connectivity index (χ4n) is 3.18. The van der Waals surface area contributed by atoms with Crippen molar-refractivity contribution in [2.75, 3.05) is 38.3 Å². The third kappa shape index (κ3) is 5.88. The Kier molecular flexibility index (Phi) is 8.19. The maximum Gasteiger partial charge on any atom is 0.281 e. The summed E-state index contributed by atoms with van der Waals surface area (Å²) in [7, 11) is 1.89. The summed E-state index contributed by atoms with van der Waals surface area (Å²) < 4.78 is 0. The van der Waals surface area contributed by atoms with E-state index in [4.69, 9.17) is 0 Å². The molecule has 0 saturated heterocycles. The van der Waals surface area contributed by atoms with Gasteiger partial charge >= 0.3 is 0 Å². The van der Waals surface area contributed by atoms with Crippen molar-refractivity contribution in [3.63, 3.8) is 0 Å². The Morgan fingerprint density at radius 2 is 2.04 bits per heavy atom. The molecule has 0 radical (unpaired) electrons. The highest BCUT2D eigenvalue weighted by Gasteiger charge is 2.23. The van der Waals surface area contributed by atoms with Gasteiger partial charge in [0.2, 0.25) is 0 Å². The number of rotatable bonds is 9. The standard InChI is InChI=1S/C20H29N3O2S/c1-4-13-23(16-9-5-6-10-16)20(25)15-22(2)14-19(24)21-17-11-7-8-12-18(17)26-3/h7-9,11-12H,4-6,10,13-15H2,1-3H3,(H,21,24)/p+1. The number of hydrogen-bond acceptors (Lipinski definition) is 3. The molecule has 0 aliphatic heterocycles. The second-order valence-corrected chi connectivity index (χ2v) is 7.54. The van der Waals surface area contributed by atoms with E-state index in [0.717, 1.165) is 53.4 Å². The molecule has 1 aliphatic rings. The number of amides is 2. The van der Waals surface area contributed by atoms with Crippen LogP contribution < -0.4 is 10.2 Å². The molecule has 1 aromatic carbocycles. The van der Waals surface area contributed by atoms with Crippen molar-refractivity contribution < 1.29 is 14.5 Å². The Labute approximate surface area is 160 Å². The number of quaternary nitrogens is 1. The smallest absolute Gasteiger partial charge is 0.281 e. The number of carbonyl (C=O) groups is 2. The van der Waals surface area contributed by atoms with Gasteiger partial charge in [-0.3, -0.25) is 9.59 Å². The van der Waals surface area contributed by atoms with Crippen molar-refractivity contribution in [1.29, 1.82) is 0 Å². The third-order valence-corrected chi connectivity index (χ3v) is 5.20. The minimum absolute atomic E-state index is 0.0704. The fraction of sp³-hybridized carbons (Fsp3) is 0.500. The van der Waals surface area contributed by atoms with Crippen LogP contribution in [0.2, 0.25) is 0 Å². The summed E-state index contributed by atoms with van der Waals surface area (Å²) in [6.45, 7) is 3.44. The predicted molar refractivity (Wildman–Crippen MR) is 107 cm³/mol. The molecule has 0 bridgehead atoms. The van der Waals surface area contributed by atoms with Gasteiger partial charge in [-0.05, 0) is 44.1 Å². The van der Waals surface area contributed by atoms with Crippen LogP contribution in [0.1, 0.15) is 32.6 Å². The Morgan fingerprint density at radius 1 is 1.27 bits per heavy atom. The van der Waals surface area contributed by atoms with E-state index in [1.807, 2.05) is 42.5 Å². The van der Waals surface area contributed by atoms with Crippen LogP contribution in [-0.4, -0.2) is 49.7 Å². The molecule has 0 spiro atoms. The van der Waals surface area contributed by atoms with Crippen molar-refractivity contribution in [3.05, 3.63) is 36.0 Å². The van der Waals surface area contributed by atoms with E-state index in [9.17, 15) is 9.59 Å². The normalized spacial score (nSPS) is 14.7. The van der Waals surface area contributed by atoms with Gasteiger partial charge in [-0.1, -0.05) is 25.1 Å². The molecule has 0 saturated carbocycles. The number of allylic oxidation sites excluding steroid dienone is 2. The van der Waals surface area contributed by atoms with Crippen molar-refractivity contribution in [3.8, 4) is 0 Å². The Bertz CT molecular complexity index is 660. The molecule has 2 amide bonds. The SMILES string of the molecule is CCCN(C(=O)C[NH+](C)CC(=O)Nc1ccccc1SC)C1=CCCC1.